The SMILES string of the molecule is N#C[C@@H]1CC(F)(F)CN1C(=O)CCC(=O)c1ccncc1C#Cc1ccc(Cl)cc1.S. The molecule has 9 heteroatoms. The summed E-state index contributed by atoms with van der Waals surface area (Å²) < 4.78 is 27.0. The number of benzene rings is 1. The van der Waals surface area contributed by atoms with Crippen molar-refractivity contribution in [3.63, 3.8) is 0 Å². The van der Waals surface area contributed by atoms with Crippen molar-refractivity contribution < 1.29 is 18.4 Å². The van der Waals surface area contributed by atoms with Gasteiger partial charge in [-0.25, -0.2) is 8.78 Å². The molecule has 1 aromatic heterocycles. The minimum Gasteiger partial charge on any atom is -0.320 e. The molecular weight excluding hydrogens is 444 g/mol. The maximum Gasteiger partial charge on any atom is 0.268 e. The molecule has 0 N–H and O–H groups in total. The van der Waals surface area contributed by atoms with Gasteiger partial charge < -0.3 is 4.90 Å². The number of halogens is 3. The van der Waals surface area contributed by atoms with Crippen LogP contribution in [0.1, 0.15) is 40.7 Å². The number of pyridine rings is 1. The fourth-order valence-corrected chi connectivity index (χ4v) is 3.23. The van der Waals surface area contributed by atoms with Crippen molar-refractivity contribution in [2.45, 2.75) is 31.2 Å². The molecule has 0 unspecified atom stereocenters. The van der Waals surface area contributed by atoms with Gasteiger partial charge in [0, 0.05) is 47.8 Å². The van der Waals surface area contributed by atoms with Crippen LogP contribution in [-0.4, -0.2) is 40.1 Å². The second-order valence-corrected chi connectivity index (χ2v) is 7.26. The first kappa shape index (κ1) is 24.3. The molecule has 1 saturated heterocycles. The van der Waals surface area contributed by atoms with E-state index in [1.165, 1.54) is 18.5 Å². The smallest absolute Gasteiger partial charge is 0.268 e. The summed E-state index contributed by atoms with van der Waals surface area (Å²) in [6.45, 7) is -0.800. The van der Waals surface area contributed by atoms with Crippen molar-refractivity contribution in [1.82, 2.24) is 9.88 Å². The lowest BCUT2D eigenvalue weighted by Crippen LogP contribution is -2.36. The Hall–Kier alpha value is -2.94. The Morgan fingerprint density at radius 3 is 2.58 bits per heavy atom. The van der Waals surface area contributed by atoms with Gasteiger partial charge in [-0.2, -0.15) is 18.8 Å². The maximum atomic E-state index is 13.5. The average Bonchev–Trinajstić information content (AvgIpc) is 3.06. The zero-order valence-electron chi connectivity index (χ0n) is 16.2. The third-order valence-corrected chi connectivity index (χ3v) is 4.86. The highest BCUT2D eigenvalue weighted by Crippen LogP contribution is 2.32. The molecule has 1 atom stereocenters. The van der Waals surface area contributed by atoms with Gasteiger partial charge in [-0.1, -0.05) is 23.4 Å². The molecule has 0 spiro atoms. The summed E-state index contributed by atoms with van der Waals surface area (Å²) >= 11 is 5.84. The first-order chi connectivity index (χ1) is 14.3. The summed E-state index contributed by atoms with van der Waals surface area (Å²) in [7, 11) is 0. The molecular formula is C22H18ClF2N3O2S. The molecule has 5 nitrogen and oxygen atoms in total. The van der Waals surface area contributed by atoms with Crippen LogP contribution in [0.3, 0.4) is 0 Å². The number of amides is 1. The number of nitrogens with zero attached hydrogens (tertiary/aromatic N) is 3. The number of Topliss-reactive ketones (excluding diaryl/α,β-unsaturated/α-hetero) is 1. The Bertz CT molecular complexity index is 1070. The third-order valence-electron chi connectivity index (χ3n) is 4.61. The molecule has 160 valence electrons. The number of alkyl halides is 2. The number of likely N-dealkylation sites (tertiary alicyclic amines) is 1. The molecule has 1 aromatic carbocycles. The van der Waals surface area contributed by atoms with Crippen LogP contribution >= 0.6 is 25.1 Å². The lowest BCUT2D eigenvalue weighted by Gasteiger charge is -2.18. The molecule has 0 bridgehead atoms. The number of ketones is 1. The number of hydrogen-bond acceptors (Lipinski definition) is 4. The van der Waals surface area contributed by atoms with Crippen LogP contribution < -0.4 is 0 Å². The molecule has 0 saturated carbocycles. The monoisotopic (exact) mass is 461 g/mol. The van der Waals surface area contributed by atoms with Gasteiger partial charge in [-0.3, -0.25) is 14.6 Å². The number of rotatable bonds is 4. The summed E-state index contributed by atoms with van der Waals surface area (Å²) in [5.74, 6) is 1.72. The van der Waals surface area contributed by atoms with Gasteiger partial charge in [0.05, 0.1) is 18.2 Å². The summed E-state index contributed by atoms with van der Waals surface area (Å²) in [4.78, 5) is 29.7. The first-order valence-corrected chi connectivity index (χ1v) is 9.48. The van der Waals surface area contributed by atoms with Gasteiger partial charge in [-0.05, 0) is 30.3 Å². The van der Waals surface area contributed by atoms with E-state index in [0.29, 0.717) is 21.7 Å². The quantitative estimate of drug-likeness (QED) is 0.510. The van der Waals surface area contributed by atoms with E-state index in [9.17, 15) is 18.4 Å². The zero-order valence-corrected chi connectivity index (χ0v) is 18.0. The Balaban J connectivity index is 0.00000341. The van der Waals surface area contributed by atoms with Gasteiger partial charge in [-0.15, -0.1) is 0 Å². The van der Waals surface area contributed by atoms with E-state index in [1.54, 1.807) is 30.3 Å². The minimum absolute atomic E-state index is 0. The number of carbonyl (C=O) groups is 2. The molecule has 0 aliphatic carbocycles. The Morgan fingerprint density at radius 1 is 1.19 bits per heavy atom. The second-order valence-electron chi connectivity index (χ2n) is 6.83. The molecule has 1 aliphatic rings. The van der Waals surface area contributed by atoms with E-state index in [4.69, 9.17) is 16.9 Å². The molecule has 0 radical (unpaired) electrons. The van der Waals surface area contributed by atoms with Gasteiger partial charge in [0.25, 0.3) is 5.92 Å². The van der Waals surface area contributed by atoms with E-state index < -0.39 is 30.8 Å². The predicted octanol–water partition coefficient (Wildman–Crippen LogP) is 3.97. The molecule has 1 fully saturated rings. The molecule has 31 heavy (non-hydrogen) atoms. The standard InChI is InChI=1S/C22H16ClF2N3O2.H2S/c23-17-5-2-15(3-6-17)1-4-16-13-27-10-9-19(16)20(29)7-8-21(30)28-14-22(24,25)11-18(28)12-26;/h2-3,5-6,9-10,13,18H,7-8,11,14H2;1H2/t18-;/m0./s1. The van der Waals surface area contributed by atoms with Crippen molar-refractivity contribution in [2.75, 3.05) is 6.54 Å². The van der Waals surface area contributed by atoms with Gasteiger partial charge in [0.15, 0.2) is 5.78 Å². The average molecular weight is 462 g/mol. The second kappa shape index (κ2) is 10.4. The van der Waals surface area contributed by atoms with Crippen LogP contribution in [0.5, 0.6) is 0 Å². The first-order valence-electron chi connectivity index (χ1n) is 9.11. The Kier molecular flexibility index (Phi) is 8.15. The van der Waals surface area contributed by atoms with Crippen molar-refractivity contribution in [2.24, 2.45) is 0 Å². The topological polar surface area (TPSA) is 74.1 Å². The van der Waals surface area contributed by atoms with E-state index in [0.717, 1.165) is 4.90 Å². The van der Waals surface area contributed by atoms with Crippen LogP contribution in [0.25, 0.3) is 0 Å². The lowest BCUT2D eigenvalue weighted by molar-refractivity contribution is -0.132. The van der Waals surface area contributed by atoms with Crippen LogP contribution in [0.2, 0.25) is 5.02 Å². The summed E-state index contributed by atoms with van der Waals surface area (Å²) in [6, 6.07) is 8.92. The zero-order chi connectivity index (χ0) is 21.7. The van der Waals surface area contributed by atoms with Crippen LogP contribution in [0, 0.1) is 23.2 Å². The Morgan fingerprint density at radius 2 is 1.90 bits per heavy atom. The van der Waals surface area contributed by atoms with Crippen LogP contribution in [-0.2, 0) is 4.79 Å². The molecule has 1 aliphatic heterocycles. The number of hydrogen-bond donors (Lipinski definition) is 0. The molecule has 1 amide bonds. The van der Waals surface area contributed by atoms with Crippen molar-refractivity contribution in [1.29, 1.82) is 5.26 Å². The summed E-state index contributed by atoms with van der Waals surface area (Å²) in [5, 5.41) is 9.58. The predicted molar refractivity (Wildman–Crippen MR) is 116 cm³/mol. The van der Waals surface area contributed by atoms with Gasteiger partial charge in [0.1, 0.15) is 6.04 Å². The minimum atomic E-state index is -3.09. The van der Waals surface area contributed by atoms with Gasteiger partial charge in [0.2, 0.25) is 5.91 Å². The largest absolute Gasteiger partial charge is 0.320 e. The fourth-order valence-electron chi connectivity index (χ4n) is 3.10. The summed E-state index contributed by atoms with van der Waals surface area (Å²) in [5.41, 5.74) is 1.39. The molecule has 3 rings (SSSR count). The molecule has 2 aromatic rings. The van der Waals surface area contributed by atoms with E-state index in [-0.39, 0.29) is 32.1 Å². The fraction of sp³-hybridized carbons (Fsp3) is 0.273. The highest BCUT2D eigenvalue weighted by Gasteiger charge is 2.47. The van der Waals surface area contributed by atoms with E-state index >= 15 is 0 Å². The van der Waals surface area contributed by atoms with Gasteiger partial charge >= 0.3 is 0 Å². The van der Waals surface area contributed by atoms with Crippen LogP contribution in [0.15, 0.2) is 42.7 Å². The van der Waals surface area contributed by atoms with Crippen molar-refractivity contribution in [3.05, 3.63) is 64.4 Å². The highest BCUT2D eigenvalue weighted by molar-refractivity contribution is 7.59. The maximum absolute atomic E-state index is 13.5. The summed E-state index contributed by atoms with van der Waals surface area (Å²) in [6.07, 6.45) is 1.76. The molecule has 2 heterocycles. The van der Waals surface area contributed by atoms with Crippen molar-refractivity contribution in [3.8, 4) is 17.9 Å². The van der Waals surface area contributed by atoms with E-state index in [1.807, 2.05) is 0 Å². The van der Waals surface area contributed by atoms with E-state index in [2.05, 4.69) is 16.8 Å². The third kappa shape index (κ3) is 6.27. The number of nitriles is 1. The highest BCUT2D eigenvalue weighted by atomic mass is 35.5. The number of carbonyl (C=O) groups excluding carboxylic acids is 2. The lowest BCUT2D eigenvalue weighted by atomic mass is 10.0. The normalized spacial score (nSPS) is 16.5. The van der Waals surface area contributed by atoms with Crippen LogP contribution in [0.4, 0.5) is 8.78 Å². The van der Waals surface area contributed by atoms with Crippen molar-refractivity contribution >= 4 is 36.8 Å². The number of aromatic nitrogens is 1. The Labute approximate surface area is 190 Å².